The van der Waals surface area contributed by atoms with Gasteiger partial charge in [0.05, 0.1) is 0 Å². The molecule has 3 rings (SSSR count). The summed E-state index contributed by atoms with van der Waals surface area (Å²) in [5.74, 6) is 1.88. The van der Waals surface area contributed by atoms with Gasteiger partial charge in [-0.2, -0.15) is 0 Å². The van der Waals surface area contributed by atoms with Crippen LogP contribution < -0.4 is 10.6 Å². The van der Waals surface area contributed by atoms with E-state index in [0.29, 0.717) is 5.41 Å². The zero-order chi connectivity index (χ0) is 19.7. The van der Waals surface area contributed by atoms with Crippen LogP contribution >= 0.6 is 24.0 Å². The number of hydrogen-bond donors (Lipinski definition) is 2. The molecular formula is C21H35IN6O. The highest BCUT2D eigenvalue weighted by molar-refractivity contribution is 14.0. The Morgan fingerprint density at radius 2 is 2.07 bits per heavy atom. The van der Waals surface area contributed by atoms with Gasteiger partial charge in [-0.05, 0) is 50.2 Å². The van der Waals surface area contributed by atoms with Crippen LogP contribution in [-0.2, 0) is 11.2 Å². The minimum absolute atomic E-state index is 0. The predicted octanol–water partition coefficient (Wildman–Crippen LogP) is 3.43. The van der Waals surface area contributed by atoms with E-state index in [-0.39, 0.29) is 24.0 Å². The van der Waals surface area contributed by atoms with E-state index >= 15 is 0 Å². The van der Waals surface area contributed by atoms with E-state index in [1.807, 2.05) is 31.4 Å². The lowest BCUT2D eigenvalue weighted by Crippen LogP contribution is -2.43. The van der Waals surface area contributed by atoms with Crippen molar-refractivity contribution in [3.63, 3.8) is 0 Å². The molecule has 0 aromatic carbocycles. The maximum absolute atomic E-state index is 5.61. The topological polar surface area (TPSA) is 75.8 Å². The lowest BCUT2D eigenvalue weighted by Gasteiger charge is -2.30. The first-order valence-corrected chi connectivity index (χ1v) is 10.6. The quantitative estimate of drug-likeness (QED) is 0.220. The van der Waals surface area contributed by atoms with Crippen molar-refractivity contribution < 1.29 is 4.74 Å². The van der Waals surface area contributed by atoms with Gasteiger partial charge in [0.2, 0.25) is 0 Å². The minimum Gasteiger partial charge on any atom is -0.382 e. The molecule has 0 aliphatic heterocycles. The number of aliphatic imine (C=N–C) groups is 1. The van der Waals surface area contributed by atoms with Gasteiger partial charge in [0, 0.05) is 46.0 Å². The molecule has 162 valence electrons. The number of guanidine groups is 1. The molecule has 2 heterocycles. The van der Waals surface area contributed by atoms with Crippen molar-refractivity contribution in [3.8, 4) is 0 Å². The first-order chi connectivity index (χ1) is 13.8. The maximum atomic E-state index is 5.61. The molecule has 2 N–H and O–H groups in total. The molecule has 2 aromatic rings. The molecule has 0 bridgehead atoms. The van der Waals surface area contributed by atoms with Gasteiger partial charge >= 0.3 is 0 Å². The predicted molar refractivity (Wildman–Crippen MR) is 128 cm³/mol. The van der Waals surface area contributed by atoms with E-state index in [2.05, 4.69) is 37.1 Å². The van der Waals surface area contributed by atoms with E-state index in [1.165, 1.54) is 25.7 Å². The Hall–Kier alpha value is -1.42. The van der Waals surface area contributed by atoms with Gasteiger partial charge < -0.3 is 15.4 Å². The molecule has 29 heavy (non-hydrogen) atoms. The van der Waals surface area contributed by atoms with Crippen LogP contribution in [0.5, 0.6) is 0 Å². The normalized spacial score (nSPS) is 16.0. The first-order valence-electron chi connectivity index (χ1n) is 10.6. The van der Waals surface area contributed by atoms with Crippen molar-refractivity contribution >= 4 is 35.6 Å². The second-order valence-electron chi connectivity index (χ2n) is 7.66. The highest BCUT2D eigenvalue weighted by Gasteiger charge is 2.33. The van der Waals surface area contributed by atoms with E-state index in [0.717, 1.165) is 63.0 Å². The van der Waals surface area contributed by atoms with E-state index in [9.17, 15) is 0 Å². The smallest absolute Gasteiger partial charge is 0.190 e. The lowest BCUT2D eigenvalue weighted by atomic mass is 9.83. The highest BCUT2D eigenvalue weighted by atomic mass is 127. The molecule has 1 aliphatic rings. The van der Waals surface area contributed by atoms with Crippen LogP contribution in [0, 0.1) is 5.41 Å². The minimum atomic E-state index is 0. The number of hydrogen-bond acceptors (Lipinski definition) is 4. The number of aromatic nitrogens is 3. The highest BCUT2D eigenvalue weighted by Crippen LogP contribution is 2.40. The summed E-state index contributed by atoms with van der Waals surface area (Å²) >= 11 is 0. The number of rotatable bonds is 10. The second kappa shape index (κ2) is 12.3. The van der Waals surface area contributed by atoms with Gasteiger partial charge in [-0.15, -0.1) is 34.2 Å². The molecular weight excluding hydrogens is 479 g/mol. The number of pyridine rings is 1. The van der Waals surface area contributed by atoms with Crippen molar-refractivity contribution in [1.82, 2.24) is 25.2 Å². The van der Waals surface area contributed by atoms with Crippen LogP contribution in [0.3, 0.4) is 0 Å². The summed E-state index contributed by atoms with van der Waals surface area (Å²) in [5.41, 5.74) is 1.25. The summed E-state index contributed by atoms with van der Waals surface area (Å²) in [7, 11) is 1.84. The monoisotopic (exact) mass is 514 g/mol. The Kier molecular flexibility index (Phi) is 10.1. The van der Waals surface area contributed by atoms with Gasteiger partial charge in [-0.25, -0.2) is 0 Å². The fourth-order valence-corrected chi connectivity index (χ4v) is 4.08. The summed E-state index contributed by atoms with van der Waals surface area (Å²) < 4.78 is 7.66. The summed E-state index contributed by atoms with van der Waals surface area (Å²) in [6.07, 6.45) is 10.2. The van der Waals surface area contributed by atoms with E-state index in [1.54, 1.807) is 0 Å². The van der Waals surface area contributed by atoms with E-state index in [4.69, 9.17) is 4.74 Å². The Morgan fingerprint density at radius 3 is 2.83 bits per heavy atom. The number of ether oxygens (including phenoxy) is 1. The van der Waals surface area contributed by atoms with Gasteiger partial charge in [-0.1, -0.05) is 18.9 Å². The third-order valence-electron chi connectivity index (χ3n) is 5.75. The third kappa shape index (κ3) is 6.80. The fourth-order valence-electron chi connectivity index (χ4n) is 4.08. The summed E-state index contributed by atoms with van der Waals surface area (Å²) in [4.78, 5) is 4.39. The molecule has 1 aliphatic carbocycles. The average molecular weight is 514 g/mol. The maximum Gasteiger partial charge on any atom is 0.190 e. The Balaban J connectivity index is 0.00000300. The molecule has 0 radical (unpaired) electrons. The van der Waals surface area contributed by atoms with Gasteiger partial charge in [0.25, 0.3) is 0 Å². The molecule has 0 unspecified atom stereocenters. The van der Waals surface area contributed by atoms with Crippen LogP contribution in [0.4, 0.5) is 0 Å². The summed E-state index contributed by atoms with van der Waals surface area (Å²) in [6, 6.07) is 5.97. The third-order valence-corrected chi connectivity index (χ3v) is 5.75. The summed E-state index contributed by atoms with van der Waals surface area (Å²) in [6.45, 7) is 5.54. The lowest BCUT2D eigenvalue weighted by molar-refractivity contribution is 0.105. The van der Waals surface area contributed by atoms with Gasteiger partial charge in [0.15, 0.2) is 11.6 Å². The van der Waals surface area contributed by atoms with Crippen molar-refractivity contribution in [1.29, 1.82) is 0 Å². The van der Waals surface area contributed by atoms with Crippen molar-refractivity contribution in [3.05, 3.63) is 30.2 Å². The van der Waals surface area contributed by atoms with Crippen LogP contribution in [0.1, 0.15) is 51.3 Å². The second-order valence-corrected chi connectivity index (χ2v) is 7.66. The van der Waals surface area contributed by atoms with Crippen molar-refractivity contribution in [2.75, 3.05) is 33.4 Å². The molecule has 1 saturated carbocycles. The molecule has 0 amide bonds. The molecule has 8 heteroatoms. The molecule has 0 spiro atoms. The molecule has 2 aromatic heterocycles. The number of nitrogens with zero attached hydrogens (tertiary/aromatic N) is 4. The van der Waals surface area contributed by atoms with Gasteiger partial charge in [0.1, 0.15) is 5.82 Å². The molecule has 0 saturated heterocycles. The Morgan fingerprint density at radius 1 is 1.24 bits per heavy atom. The molecule has 7 nitrogen and oxygen atoms in total. The fraction of sp³-hybridized carbons (Fsp3) is 0.667. The molecule has 1 fully saturated rings. The van der Waals surface area contributed by atoms with Crippen molar-refractivity contribution in [2.24, 2.45) is 10.4 Å². The first kappa shape index (κ1) is 23.9. The standard InChI is InChI=1S/C21H34N6O.HI/c1-3-28-16-13-21(11-5-6-12-21)17-24-20(22-2)23-14-8-10-19-26-25-18-9-4-7-15-27(18)19;/h4,7,9,15H,3,5-6,8,10-14,16-17H2,1-2H3,(H2,22,23,24);1H. The number of nitrogens with one attached hydrogen (secondary N) is 2. The largest absolute Gasteiger partial charge is 0.382 e. The zero-order valence-electron chi connectivity index (χ0n) is 17.7. The Labute approximate surface area is 191 Å². The Bertz CT molecular complexity index is 756. The number of halogens is 1. The summed E-state index contributed by atoms with van der Waals surface area (Å²) in [5, 5.41) is 15.5. The number of aryl methyl sites for hydroxylation is 1. The SMILES string of the molecule is CCOCCC1(CNC(=NC)NCCCc2nnc3ccccn23)CCCC1.I. The van der Waals surface area contributed by atoms with Crippen LogP contribution in [0.25, 0.3) is 5.65 Å². The zero-order valence-corrected chi connectivity index (χ0v) is 20.0. The average Bonchev–Trinajstić information content (AvgIpc) is 3.35. The number of fused-ring (bicyclic) bond motifs is 1. The van der Waals surface area contributed by atoms with Gasteiger partial charge in [-0.3, -0.25) is 9.39 Å². The molecule has 0 atom stereocenters. The van der Waals surface area contributed by atoms with Crippen LogP contribution in [0.15, 0.2) is 29.4 Å². The van der Waals surface area contributed by atoms with Crippen molar-refractivity contribution in [2.45, 2.75) is 51.9 Å². The van der Waals surface area contributed by atoms with Crippen LogP contribution in [-0.4, -0.2) is 53.9 Å². The van der Waals surface area contributed by atoms with E-state index < -0.39 is 0 Å². The van der Waals surface area contributed by atoms with Crippen LogP contribution in [0.2, 0.25) is 0 Å².